The number of nitrogens with one attached hydrogen (secondary N) is 1. The van der Waals surface area contributed by atoms with Crippen LogP contribution in [0.1, 0.15) is 207 Å². The lowest BCUT2D eigenvalue weighted by atomic mass is 10.0. The van der Waals surface area contributed by atoms with Crippen molar-refractivity contribution in [3.63, 3.8) is 0 Å². The van der Waals surface area contributed by atoms with E-state index in [1.54, 1.807) is 0 Å². The molecular formula is C47H85N3O15P2. The van der Waals surface area contributed by atoms with Gasteiger partial charge < -0.3 is 48.6 Å². The van der Waals surface area contributed by atoms with Crippen molar-refractivity contribution >= 4 is 38.9 Å². The highest BCUT2D eigenvalue weighted by Crippen LogP contribution is 2.58. The summed E-state index contributed by atoms with van der Waals surface area (Å²) in [4.78, 5) is 74.1. The fraction of sp³-hybridized carbons (Fsp3) is 0.851. The number of aliphatic hydroxyl groups excluding tert-OH is 2. The zero-order valence-electron chi connectivity index (χ0n) is 40.7. The summed E-state index contributed by atoms with van der Waals surface area (Å²) in [6.45, 7) is 3.63. The molecule has 1 aromatic rings. The van der Waals surface area contributed by atoms with E-state index in [0.29, 0.717) is 12.8 Å². The van der Waals surface area contributed by atoms with Crippen LogP contribution < -0.4 is 11.0 Å². The maximum atomic E-state index is 13.1. The first kappa shape index (κ1) is 60.6. The Kier molecular flexibility index (Phi) is 32.2. The van der Waals surface area contributed by atoms with Crippen LogP contribution in [0, 0.1) is 0 Å². The third-order valence-electron chi connectivity index (χ3n) is 11.7. The van der Waals surface area contributed by atoms with Gasteiger partial charge in [0.15, 0.2) is 18.2 Å². The average molecular weight is 994 g/mol. The molecule has 0 saturated carbocycles. The van der Waals surface area contributed by atoms with Crippen LogP contribution in [0.25, 0.3) is 0 Å². The summed E-state index contributed by atoms with van der Waals surface area (Å²) in [7, 11) is -9.88. The number of amides is 1. The molecule has 0 spiro atoms. The van der Waals surface area contributed by atoms with Crippen molar-refractivity contribution in [2.75, 3.05) is 31.0 Å². The predicted octanol–water partition coefficient (Wildman–Crippen LogP) is 9.60. The van der Waals surface area contributed by atoms with E-state index in [4.69, 9.17) is 23.3 Å². The Hall–Kier alpha value is -2.53. The van der Waals surface area contributed by atoms with Gasteiger partial charge in [-0.3, -0.25) is 28.1 Å². The van der Waals surface area contributed by atoms with Crippen LogP contribution in [0.4, 0.5) is 5.82 Å². The van der Waals surface area contributed by atoms with Crippen LogP contribution >= 0.6 is 15.2 Å². The van der Waals surface area contributed by atoms with Crippen LogP contribution in [-0.4, -0.2) is 97.5 Å². The number of rotatable bonds is 41. The molecule has 1 saturated heterocycles. The molecule has 1 aliphatic rings. The van der Waals surface area contributed by atoms with Crippen LogP contribution in [0.2, 0.25) is 0 Å². The molecule has 20 heteroatoms. The zero-order chi connectivity index (χ0) is 49.3. The molecule has 2 rings (SSSR count). The first-order chi connectivity index (χ1) is 32.1. The van der Waals surface area contributed by atoms with Gasteiger partial charge in [-0.15, -0.1) is 0 Å². The van der Waals surface area contributed by atoms with Crippen molar-refractivity contribution in [1.82, 2.24) is 9.55 Å². The maximum Gasteiger partial charge on any atom is 0.351 e. The van der Waals surface area contributed by atoms with Gasteiger partial charge in [-0.1, -0.05) is 168 Å². The Bertz CT molecular complexity index is 1680. The Balaban J connectivity index is 1.85. The van der Waals surface area contributed by atoms with Gasteiger partial charge in [-0.05, 0) is 18.9 Å². The molecule has 1 amide bonds. The monoisotopic (exact) mass is 994 g/mol. The molecule has 5 N–H and O–H groups in total. The molecule has 388 valence electrons. The first-order valence-corrected chi connectivity index (χ1v) is 28.8. The van der Waals surface area contributed by atoms with Crippen LogP contribution in [0.15, 0.2) is 17.1 Å². The lowest BCUT2D eigenvalue weighted by molar-refractivity contribution is -0.161. The third-order valence-corrected chi connectivity index (χ3v) is 15.7. The fourth-order valence-electron chi connectivity index (χ4n) is 7.84. The highest BCUT2D eigenvalue weighted by molar-refractivity contribution is 7.70. The van der Waals surface area contributed by atoms with Crippen molar-refractivity contribution in [3.05, 3.63) is 22.7 Å². The summed E-state index contributed by atoms with van der Waals surface area (Å²) in [6, 6.07) is 1.26. The Labute approximate surface area is 399 Å². The quantitative estimate of drug-likeness (QED) is 0.0232. The molecule has 7 atom stereocenters. The lowest BCUT2D eigenvalue weighted by Crippen LogP contribution is -2.36. The summed E-state index contributed by atoms with van der Waals surface area (Å²) in [5.74, 6) is -3.07. The van der Waals surface area contributed by atoms with E-state index < -0.39 is 95.1 Å². The van der Waals surface area contributed by atoms with Crippen LogP contribution in [0.3, 0.4) is 0 Å². The second kappa shape index (κ2) is 35.6. The molecule has 1 aliphatic heterocycles. The highest BCUT2D eigenvalue weighted by atomic mass is 31.2. The first-order valence-electron chi connectivity index (χ1n) is 25.2. The molecule has 67 heavy (non-hydrogen) atoms. The molecule has 0 bridgehead atoms. The summed E-state index contributed by atoms with van der Waals surface area (Å²) >= 11 is 0. The van der Waals surface area contributed by atoms with E-state index in [9.17, 15) is 48.3 Å². The number of hydrogen-bond acceptors (Lipinski definition) is 14. The molecule has 2 heterocycles. The largest absolute Gasteiger partial charge is 0.462 e. The standard InChI is InChI=1S/C47H85N3O15P2/c1-4-6-8-10-12-14-16-18-20-22-24-26-28-30-42(52)61-34-39(64-43(53)31-29-27-25-23-21-19-17-15-13-11-9-7-5-2)35-62-66(57,58)37-67(59,60)63-36-40-44(54)45(55)46(65-40)50-33-32-41(48-38(3)51)49-47(50)56/h32-33,39-40,44-46,54-55H,4-31,34-37H2,1-3H3,(H,57,58)(H,59,60)(H,48,49,51,56)/t39?,40-,44-,45-,46-/m1/s1. The summed E-state index contributed by atoms with van der Waals surface area (Å²) in [5.41, 5.74) is -0.941. The number of esters is 2. The predicted molar refractivity (Wildman–Crippen MR) is 257 cm³/mol. The fourth-order valence-corrected chi connectivity index (χ4v) is 11.1. The number of ether oxygens (including phenoxy) is 3. The Morgan fingerprint density at radius 2 is 1.13 bits per heavy atom. The van der Waals surface area contributed by atoms with E-state index in [2.05, 4.69) is 24.1 Å². The van der Waals surface area contributed by atoms with Crippen molar-refractivity contribution < 1.29 is 66.8 Å². The van der Waals surface area contributed by atoms with E-state index in [1.165, 1.54) is 122 Å². The number of anilines is 1. The van der Waals surface area contributed by atoms with Gasteiger partial charge in [0.2, 0.25) is 5.91 Å². The molecule has 0 radical (unpaired) electrons. The number of aliphatic hydroxyl groups is 2. The van der Waals surface area contributed by atoms with Crippen molar-refractivity contribution in [1.29, 1.82) is 0 Å². The van der Waals surface area contributed by atoms with E-state index in [-0.39, 0.29) is 18.7 Å². The molecule has 1 fully saturated rings. The van der Waals surface area contributed by atoms with Gasteiger partial charge in [0.05, 0.1) is 13.2 Å². The van der Waals surface area contributed by atoms with Crippen LogP contribution in [-0.2, 0) is 46.8 Å². The molecule has 18 nitrogen and oxygen atoms in total. The van der Waals surface area contributed by atoms with Gasteiger partial charge in [0, 0.05) is 26.0 Å². The minimum atomic E-state index is -4.95. The Morgan fingerprint density at radius 3 is 1.60 bits per heavy atom. The minimum Gasteiger partial charge on any atom is -0.462 e. The number of unbranched alkanes of at least 4 members (excludes halogenated alkanes) is 24. The molecule has 1 aromatic heterocycles. The highest BCUT2D eigenvalue weighted by Gasteiger charge is 2.46. The Morgan fingerprint density at radius 1 is 0.687 bits per heavy atom. The molecular weight excluding hydrogens is 908 g/mol. The lowest BCUT2D eigenvalue weighted by Gasteiger charge is -2.22. The van der Waals surface area contributed by atoms with Gasteiger partial charge in [0.25, 0.3) is 0 Å². The molecule has 0 aromatic carbocycles. The summed E-state index contributed by atoms with van der Waals surface area (Å²) in [6.07, 6.45) is 23.5. The van der Waals surface area contributed by atoms with Gasteiger partial charge in [-0.25, -0.2) is 4.79 Å². The number of hydrogen-bond donors (Lipinski definition) is 5. The summed E-state index contributed by atoms with van der Waals surface area (Å²) < 4.78 is 53.5. The second-order valence-electron chi connectivity index (χ2n) is 18.0. The smallest absolute Gasteiger partial charge is 0.351 e. The molecule has 3 unspecified atom stereocenters. The van der Waals surface area contributed by atoms with E-state index in [1.807, 2.05) is 0 Å². The van der Waals surface area contributed by atoms with Gasteiger partial charge in [-0.2, -0.15) is 4.98 Å². The van der Waals surface area contributed by atoms with Crippen molar-refractivity contribution in [2.24, 2.45) is 0 Å². The third kappa shape index (κ3) is 28.7. The topological polar surface area (TPSA) is 259 Å². The van der Waals surface area contributed by atoms with E-state index >= 15 is 0 Å². The summed E-state index contributed by atoms with van der Waals surface area (Å²) in [5, 5.41) is 23.5. The SMILES string of the molecule is CCCCCCCCCCCCCCCC(=O)OCC(COP(=O)(O)CP(=O)(O)OC[C@H]1O[C@@H](n2ccc(NC(C)=O)nc2=O)[C@H](O)[C@@H]1O)OC(=O)CCCCCCCCCCCCCCC. The number of nitrogens with zero attached hydrogens (tertiary/aromatic N) is 2. The molecule has 0 aliphatic carbocycles. The average Bonchev–Trinajstić information content (AvgIpc) is 3.55. The normalized spacial score (nSPS) is 19.4. The van der Waals surface area contributed by atoms with Gasteiger partial charge >= 0.3 is 32.8 Å². The number of aromatic nitrogens is 2. The van der Waals surface area contributed by atoms with Crippen molar-refractivity contribution in [3.8, 4) is 0 Å². The van der Waals surface area contributed by atoms with Crippen LogP contribution in [0.5, 0.6) is 0 Å². The number of carbonyl (C=O) groups excluding carboxylic acids is 3. The minimum absolute atomic E-state index is 0.0609. The van der Waals surface area contributed by atoms with Gasteiger partial charge in [0.1, 0.15) is 30.7 Å². The number of carbonyl (C=O) groups is 3. The van der Waals surface area contributed by atoms with Crippen molar-refractivity contribution in [2.45, 2.75) is 231 Å². The zero-order valence-corrected chi connectivity index (χ0v) is 42.5. The maximum absolute atomic E-state index is 13.1. The second-order valence-corrected chi connectivity index (χ2v) is 22.2. The van der Waals surface area contributed by atoms with E-state index in [0.717, 1.165) is 55.7 Å².